The number of ether oxygens (including phenoxy) is 2. The van der Waals surface area contributed by atoms with Crippen molar-refractivity contribution >= 4 is 21.6 Å². The van der Waals surface area contributed by atoms with E-state index in [1.54, 1.807) is 37.5 Å². The zero-order valence-corrected chi connectivity index (χ0v) is 20.7. The Bertz CT molecular complexity index is 1350. The first-order valence-corrected chi connectivity index (χ1v) is 12.2. The van der Waals surface area contributed by atoms with Gasteiger partial charge in [0.05, 0.1) is 19.0 Å². The van der Waals surface area contributed by atoms with E-state index in [1.807, 2.05) is 41.5 Å². The number of hydrogen-bond acceptors (Lipinski definition) is 7. The van der Waals surface area contributed by atoms with Crippen molar-refractivity contribution in [1.29, 1.82) is 0 Å². The number of thiophene rings is 1. The molecule has 0 spiro atoms. The maximum Gasteiger partial charge on any atom is 0.260 e. The average molecular weight is 492 g/mol. The van der Waals surface area contributed by atoms with E-state index in [2.05, 4.69) is 11.6 Å². The van der Waals surface area contributed by atoms with Gasteiger partial charge in [0, 0.05) is 24.0 Å². The van der Waals surface area contributed by atoms with Gasteiger partial charge in [-0.2, -0.15) is 0 Å². The summed E-state index contributed by atoms with van der Waals surface area (Å²) in [6.45, 7) is 7.21. The zero-order chi connectivity index (χ0) is 24.8. The summed E-state index contributed by atoms with van der Waals surface area (Å²) in [4.78, 5) is 23.3. The van der Waals surface area contributed by atoms with Crippen LogP contribution >= 0.6 is 11.3 Å². The largest absolute Gasteiger partial charge is 0.497 e. The Hall–Kier alpha value is -3.46. The predicted octanol–water partition coefficient (Wildman–Crippen LogP) is 4.40. The number of nitrogens with one attached hydrogen (secondary N) is 1. The van der Waals surface area contributed by atoms with Crippen molar-refractivity contribution in [1.82, 2.24) is 14.9 Å². The maximum absolute atomic E-state index is 13.0. The molecule has 0 amide bonds. The van der Waals surface area contributed by atoms with Crippen LogP contribution in [0, 0.1) is 6.92 Å². The van der Waals surface area contributed by atoms with Crippen LogP contribution in [0.2, 0.25) is 0 Å². The molecule has 2 N–H and O–H groups in total. The number of rotatable bonds is 11. The van der Waals surface area contributed by atoms with Crippen molar-refractivity contribution in [2.24, 2.45) is 0 Å². The second-order valence-corrected chi connectivity index (χ2v) is 9.14. The van der Waals surface area contributed by atoms with Crippen LogP contribution in [0.5, 0.6) is 11.5 Å². The summed E-state index contributed by atoms with van der Waals surface area (Å²) < 4.78 is 10.8. The van der Waals surface area contributed by atoms with Crippen molar-refractivity contribution in [2.75, 3.05) is 26.8 Å². The van der Waals surface area contributed by atoms with E-state index in [-0.39, 0.29) is 12.2 Å². The van der Waals surface area contributed by atoms with Crippen molar-refractivity contribution in [3.8, 4) is 22.6 Å². The summed E-state index contributed by atoms with van der Waals surface area (Å²) in [6, 6.07) is 15.2. The number of nitrogens with zero attached hydrogens (tertiary/aromatic N) is 2. The van der Waals surface area contributed by atoms with E-state index < -0.39 is 6.10 Å². The van der Waals surface area contributed by atoms with Crippen LogP contribution in [0.4, 0.5) is 0 Å². The lowest BCUT2D eigenvalue weighted by molar-refractivity contribution is 0.0689. The van der Waals surface area contributed by atoms with E-state index >= 15 is 0 Å². The van der Waals surface area contributed by atoms with Gasteiger partial charge in [0.25, 0.3) is 5.56 Å². The summed E-state index contributed by atoms with van der Waals surface area (Å²) in [7, 11) is 1.61. The maximum atomic E-state index is 13.0. The van der Waals surface area contributed by atoms with Gasteiger partial charge < -0.3 is 19.6 Å². The van der Waals surface area contributed by atoms with Crippen LogP contribution in [-0.4, -0.2) is 52.9 Å². The third-order valence-corrected chi connectivity index (χ3v) is 6.53. The predicted molar refractivity (Wildman–Crippen MR) is 140 cm³/mol. The summed E-state index contributed by atoms with van der Waals surface area (Å²) >= 11 is 1.46. The standard InChI is InChI=1S/C27H29N3O4S/c1-4-13-30(14-19(31)16-34-21-11-9-20(33-3)10-12-21)15-24-28-26(32)25-23(17-35-27(25)29-24)22-8-6-5-7-18(22)2/h4-12,17,19,31H,1,13-16H2,2-3H3,(H,28,29,32). The van der Waals surface area contributed by atoms with Crippen molar-refractivity contribution in [3.63, 3.8) is 0 Å². The van der Waals surface area contributed by atoms with Gasteiger partial charge in [0.15, 0.2) is 0 Å². The Kier molecular flexibility index (Phi) is 7.97. The molecule has 0 saturated heterocycles. The zero-order valence-electron chi connectivity index (χ0n) is 19.9. The molecule has 2 heterocycles. The highest BCUT2D eigenvalue weighted by Crippen LogP contribution is 2.32. The normalized spacial score (nSPS) is 12.1. The second kappa shape index (κ2) is 11.3. The first kappa shape index (κ1) is 24.7. The molecule has 1 unspecified atom stereocenters. The Labute approximate surface area is 208 Å². The third-order valence-electron chi connectivity index (χ3n) is 5.66. The van der Waals surface area contributed by atoms with E-state index in [9.17, 15) is 9.90 Å². The fourth-order valence-corrected chi connectivity index (χ4v) is 4.91. The fraction of sp³-hybridized carbons (Fsp3) is 0.259. The molecule has 7 nitrogen and oxygen atoms in total. The monoisotopic (exact) mass is 491 g/mol. The topological polar surface area (TPSA) is 87.7 Å². The summed E-state index contributed by atoms with van der Waals surface area (Å²) in [5.74, 6) is 1.94. The molecule has 2 aromatic carbocycles. The van der Waals surface area contributed by atoms with E-state index in [4.69, 9.17) is 14.5 Å². The molecule has 8 heteroatoms. The van der Waals surface area contributed by atoms with E-state index in [1.165, 1.54) is 11.3 Å². The number of aryl methyl sites for hydroxylation is 1. The molecule has 0 aliphatic heterocycles. The SMILES string of the molecule is C=CCN(Cc1nc2scc(-c3ccccc3C)c2c(=O)[nH]1)CC(O)COc1ccc(OC)cc1. The molecule has 1 atom stereocenters. The highest BCUT2D eigenvalue weighted by Gasteiger charge is 2.17. The Morgan fingerprint density at radius 3 is 2.63 bits per heavy atom. The van der Waals surface area contributed by atoms with Crippen LogP contribution in [-0.2, 0) is 6.54 Å². The summed E-state index contributed by atoms with van der Waals surface area (Å²) in [5.41, 5.74) is 2.88. The number of aromatic nitrogens is 2. The third kappa shape index (κ3) is 5.97. The molecular weight excluding hydrogens is 462 g/mol. The Morgan fingerprint density at radius 1 is 1.17 bits per heavy atom. The lowest BCUT2D eigenvalue weighted by Crippen LogP contribution is -2.36. The number of methoxy groups -OCH3 is 1. The number of aliphatic hydroxyl groups excluding tert-OH is 1. The second-order valence-electron chi connectivity index (χ2n) is 8.28. The minimum atomic E-state index is -0.734. The number of benzene rings is 2. The lowest BCUT2D eigenvalue weighted by Gasteiger charge is -2.23. The molecule has 0 radical (unpaired) electrons. The van der Waals surface area contributed by atoms with Crippen LogP contribution in [0.1, 0.15) is 11.4 Å². The Balaban J connectivity index is 1.45. The molecule has 35 heavy (non-hydrogen) atoms. The van der Waals surface area contributed by atoms with Crippen LogP contribution in [0.25, 0.3) is 21.3 Å². The van der Waals surface area contributed by atoms with Crippen LogP contribution < -0.4 is 15.0 Å². The van der Waals surface area contributed by atoms with Gasteiger partial charge in [-0.1, -0.05) is 30.3 Å². The van der Waals surface area contributed by atoms with Gasteiger partial charge in [0.2, 0.25) is 0 Å². The van der Waals surface area contributed by atoms with Crippen molar-refractivity contribution in [3.05, 3.63) is 88.3 Å². The van der Waals surface area contributed by atoms with Gasteiger partial charge in [-0.05, 0) is 42.3 Å². The number of hydrogen-bond donors (Lipinski definition) is 2. The van der Waals surface area contributed by atoms with E-state index in [0.717, 1.165) is 22.4 Å². The molecule has 2 aromatic heterocycles. The minimum absolute atomic E-state index is 0.133. The molecule has 0 bridgehead atoms. The highest BCUT2D eigenvalue weighted by molar-refractivity contribution is 7.17. The molecule has 0 aliphatic rings. The first-order valence-electron chi connectivity index (χ1n) is 11.3. The number of fused-ring (bicyclic) bond motifs is 1. The van der Waals surface area contributed by atoms with Gasteiger partial charge in [-0.3, -0.25) is 9.69 Å². The van der Waals surface area contributed by atoms with Gasteiger partial charge >= 0.3 is 0 Å². The molecule has 0 fully saturated rings. The quantitative estimate of drug-likeness (QED) is 0.303. The molecule has 4 aromatic rings. The summed E-state index contributed by atoms with van der Waals surface area (Å²) in [6.07, 6.45) is 1.02. The van der Waals surface area contributed by atoms with E-state index in [0.29, 0.717) is 41.4 Å². The minimum Gasteiger partial charge on any atom is -0.497 e. The molecule has 182 valence electrons. The molecule has 0 saturated carbocycles. The molecule has 4 rings (SSSR count). The van der Waals surface area contributed by atoms with Gasteiger partial charge in [-0.25, -0.2) is 4.98 Å². The number of aliphatic hydroxyl groups is 1. The first-order chi connectivity index (χ1) is 17.0. The fourth-order valence-electron chi connectivity index (χ4n) is 3.95. The lowest BCUT2D eigenvalue weighted by atomic mass is 10.0. The smallest absolute Gasteiger partial charge is 0.260 e. The Morgan fingerprint density at radius 2 is 1.91 bits per heavy atom. The highest BCUT2D eigenvalue weighted by atomic mass is 32.1. The number of H-pyrrole nitrogens is 1. The average Bonchev–Trinajstić information content (AvgIpc) is 3.28. The van der Waals surface area contributed by atoms with Crippen molar-refractivity contribution in [2.45, 2.75) is 19.6 Å². The van der Waals surface area contributed by atoms with Crippen molar-refractivity contribution < 1.29 is 14.6 Å². The summed E-state index contributed by atoms with van der Waals surface area (Å²) in [5, 5.41) is 13.1. The van der Waals surface area contributed by atoms with Crippen LogP contribution in [0.3, 0.4) is 0 Å². The van der Waals surface area contributed by atoms with Crippen LogP contribution in [0.15, 0.2) is 71.4 Å². The molecular formula is C27H29N3O4S. The van der Waals surface area contributed by atoms with Gasteiger partial charge in [-0.15, -0.1) is 17.9 Å². The molecule has 0 aliphatic carbocycles. The van der Waals surface area contributed by atoms with Gasteiger partial charge in [0.1, 0.15) is 34.9 Å². The number of aromatic amines is 1.